The molecule has 0 aromatic heterocycles. The molecule has 1 fully saturated rings. The van der Waals surface area contributed by atoms with E-state index in [1.165, 1.54) is 44.2 Å². The van der Waals surface area contributed by atoms with Crippen LogP contribution >= 0.6 is 0 Å². The highest BCUT2D eigenvalue weighted by molar-refractivity contribution is 5.77. The van der Waals surface area contributed by atoms with Crippen LogP contribution in [0.1, 0.15) is 69.9 Å². The van der Waals surface area contributed by atoms with Crippen molar-refractivity contribution in [1.29, 1.82) is 0 Å². The van der Waals surface area contributed by atoms with Crippen molar-refractivity contribution in [2.24, 2.45) is 0 Å². The molecule has 1 atom stereocenters. The van der Waals surface area contributed by atoms with E-state index in [0.29, 0.717) is 12.4 Å². The molecule has 0 saturated carbocycles. The Morgan fingerprint density at radius 3 is 2.26 bits per heavy atom. The van der Waals surface area contributed by atoms with Crippen molar-refractivity contribution in [2.75, 3.05) is 13.2 Å². The molecule has 0 radical (unpaired) electrons. The van der Waals surface area contributed by atoms with Crippen molar-refractivity contribution in [3.63, 3.8) is 0 Å². The second-order valence-corrected chi connectivity index (χ2v) is 6.96. The molecule has 1 unspecified atom stereocenters. The second-order valence-electron chi connectivity index (χ2n) is 6.96. The Labute approximate surface area is 159 Å². The first-order valence-corrected chi connectivity index (χ1v) is 9.77. The lowest BCUT2D eigenvalue weighted by atomic mass is 10.1. The Balaban J connectivity index is 1.81. The third-order valence-electron chi connectivity index (χ3n) is 4.68. The van der Waals surface area contributed by atoms with Crippen LogP contribution in [0.4, 0.5) is 13.2 Å². The van der Waals surface area contributed by atoms with Gasteiger partial charge in [-0.1, -0.05) is 57.6 Å². The smallest absolute Gasteiger partial charge is 0.409 e. The van der Waals surface area contributed by atoms with Gasteiger partial charge in [0.1, 0.15) is 11.8 Å². The van der Waals surface area contributed by atoms with E-state index in [1.807, 2.05) is 0 Å². The van der Waals surface area contributed by atoms with Crippen molar-refractivity contribution in [3.05, 3.63) is 29.8 Å². The fraction of sp³-hybridized carbons (Fsp3) is 0.650. The zero-order valence-corrected chi connectivity index (χ0v) is 15.9. The van der Waals surface area contributed by atoms with Gasteiger partial charge in [-0.15, -0.1) is 0 Å². The Hall–Kier alpha value is -1.76. The lowest BCUT2D eigenvalue weighted by molar-refractivity contribution is -0.191. The number of carbonyl (C=O) groups is 1. The van der Waals surface area contributed by atoms with E-state index in [-0.39, 0.29) is 24.4 Å². The van der Waals surface area contributed by atoms with E-state index >= 15 is 0 Å². The van der Waals surface area contributed by atoms with Crippen molar-refractivity contribution in [2.45, 2.75) is 70.5 Å². The summed E-state index contributed by atoms with van der Waals surface area (Å²) in [6.45, 7) is 2.80. The molecule has 1 aromatic rings. The van der Waals surface area contributed by atoms with Gasteiger partial charge >= 0.3 is 6.18 Å². The molecule has 1 aromatic carbocycles. The van der Waals surface area contributed by atoms with Gasteiger partial charge in [-0.2, -0.15) is 13.2 Å². The first kappa shape index (κ1) is 21.5. The molecular formula is C20H29F3N2O2. The summed E-state index contributed by atoms with van der Waals surface area (Å²) in [6.07, 6.45) is 3.87. The van der Waals surface area contributed by atoms with Crippen LogP contribution in [0.3, 0.4) is 0 Å². The average Bonchev–Trinajstić information content (AvgIpc) is 3.03. The van der Waals surface area contributed by atoms with Crippen molar-refractivity contribution in [1.82, 2.24) is 10.4 Å². The number of benzene rings is 1. The Bertz CT molecular complexity index is 576. The molecular weight excluding hydrogens is 357 g/mol. The molecule has 152 valence electrons. The Morgan fingerprint density at radius 1 is 1.07 bits per heavy atom. The lowest BCUT2D eigenvalue weighted by Crippen LogP contribution is -2.43. The van der Waals surface area contributed by atoms with Gasteiger partial charge in [-0.3, -0.25) is 10.2 Å². The minimum absolute atomic E-state index is 0.0412. The monoisotopic (exact) mass is 386 g/mol. The lowest BCUT2D eigenvalue weighted by Gasteiger charge is -2.29. The summed E-state index contributed by atoms with van der Waals surface area (Å²) in [5.74, 6) is 0.176. The third-order valence-corrected chi connectivity index (χ3v) is 4.68. The normalized spacial score (nSPS) is 16.4. The van der Waals surface area contributed by atoms with E-state index in [9.17, 15) is 18.0 Å². The van der Waals surface area contributed by atoms with Gasteiger partial charge in [0.2, 0.25) is 5.91 Å². The van der Waals surface area contributed by atoms with Crippen molar-refractivity contribution >= 4 is 5.91 Å². The Kier molecular flexibility index (Phi) is 8.41. The SMILES string of the molecule is CCCCCCCCCOc1ccc(C(N2CCC(=O)N2)C(F)(F)F)cc1. The number of amides is 1. The van der Waals surface area contributed by atoms with Crippen LogP contribution in [-0.2, 0) is 4.79 Å². The number of alkyl halides is 3. The second kappa shape index (κ2) is 10.5. The van der Waals surface area contributed by atoms with Crippen molar-refractivity contribution in [3.8, 4) is 5.75 Å². The summed E-state index contributed by atoms with van der Waals surface area (Å²) >= 11 is 0. The van der Waals surface area contributed by atoms with Gasteiger partial charge in [-0.05, 0) is 24.1 Å². The number of carbonyl (C=O) groups excluding carboxylic acids is 1. The number of hydrogen-bond donors (Lipinski definition) is 1. The Morgan fingerprint density at radius 2 is 1.70 bits per heavy atom. The van der Waals surface area contributed by atoms with Gasteiger partial charge in [0.15, 0.2) is 0 Å². The summed E-state index contributed by atoms with van der Waals surface area (Å²) in [6, 6.07) is 4.12. The summed E-state index contributed by atoms with van der Waals surface area (Å²) in [5, 5.41) is 0.955. The first-order valence-electron chi connectivity index (χ1n) is 9.77. The van der Waals surface area contributed by atoms with Gasteiger partial charge in [0.05, 0.1) is 6.61 Å². The highest BCUT2D eigenvalue weighted by atomic mass is 19.4. The van der Waals surface area contributed by atoms with Crippen LogP contribution in [0.5, 0.6) is 5.75 Å². The van der Waals surface area contributed by atoms with Crippen LogP contribution in [-0.4, -0.2) is 30.2 Å². The number of halogens is 3. The quantitative estimate of drug-likeness (QED) is 0.535. The minimum atomic E-state index is -4.47. The van der Waals surface area contributed by atoms with Crippen LogP contribution < -0.4 is 10.2 Å². The number of hydrazine groups is 1. The standard InChI is InChI=1S/C20H29F3N2O2/c1-2-3-4-5-6-7-8-15-27-17-11-9-16(10-12-17)19(20(21,22)23)25-14-13-18(26)24-25/h9-12,19H,2-8,13-15H2,1H3,(H,24,26). The maximum absolute atomic E-state index is 13.5. The molecule has 2 rings (SSSR count). The topological polar surface area (TPSA) is 41.6 Å². The molecule has 1 saturated heterocycles. The predicted molar refractivity (Wildman–Crippen MR) is 98.2 cm³/mol. The minimum Gasteiger partial charge on any atom is -0.494 e. The van der Waals surface area contributed by atoms with E-state index in [4.69, 9.17) is 4.74 Å². The molecule has 1 aliphatic heterocycles. The zero-order chi connectivity index (χ0) is 19.7. The summed E-state index contributed by atoms with van der Waals surface area (Å²) in [7, 11) is 0. The number of unbranched alkanes of at least 4 members (excludes halogenated alkanes) is 6. The zero-order valence-electron chi connectivity index (χ0n) is 15.9. The molecule has 0 spiro atoms. The molecule has 1 N–H and O–H groups in total. The van der Waals surface area contributed by atoms with Gasteiger partial charge in [-0.25, -0.2) is 5.01 Å². The van der Waals surface area contributed by atoms with Crippen LogP contribution in [0.15, 0.2) is 24.3 Å². The molecule has 1 amide bonds. The van der Waals surface area contributed by atoms with Crippen LogP contribution in [0, 0.1) is 0 Å². The average molecular weight is 386 g/mol. The maximum atomic E-state index is 13.5. The number of hydrogen-bond acceptors (Lipinski definition) is 3. The van der Waals surface area contributed by atoms with Gasteiger partial charge in [0, 0.05) is 13.0 Å². The number of nitrogens with zero attached hydrogens (tertiary/aromatic N) is 1. The molecule has 0 aliphatic carbocycles. The third kappa shape index (κ3) is 7.05. The van der Waals surface area contributed by atoms with E-state index in [1.54, 1.807) is 12.1 Å². The molecule has 27 heavy (non-hydrogen) atoms. The van der Waals surface area contributed by atoms with Crippen LogP contribution in [0.25, 0.3) is 0 Å². The van der Waals surface area contributed by atoms with Gasteiger partial charge < -0.3 is 4.74 Å². The fourth-order valence-corrected chi connectivity index (χ4v) is 3.23. The van der Waals surface area contributed by atoms with E-state index in [2.05, 4.69) is 12.3 Å². The molecule has 4 nitrogen and oxygen atoms in total. The molecule has 1 aliphatic rings. The highest BCUT2D eigenvalue weighted by Crippen LogP contribution is 2.38. The summed E-state index contributed by atoms with van der Waals surface area (Å²) in [5.41, 5.74) is 2.37. The largest absolute Gasteiger partial charge is 0.494 e. The van der Waals surface area contributed by atoms with Crippen LogP contribution in [0.2, 0.25) is 0 Å². The number of rotatable bonds is 11. The molecule has 0 bridgehead atoms. The predicted octanol–water partition coefficient (Wildman–Crippen LogP) is 5.16. The first-order chi connectivity index (χ1) is 12.9. The van der Waals surface area contributed by atoms with Crippen molar-refractivity contribution < 1.29 is 22.7 Å². The van der Waals surface area contributed by atoms with E-state index < -0.39 is 12.2 Å². The molecule has 1 heterocycles. The fourth-order valence-electron chi connectivity index (χ4n) is 3.23. The number of nitrogens with one attached hydrogen (secondary N) is 1. The molecule has 7 heteroatoms. The summed E-state index contributed by atoms with van der Waals surface area (Å²) < 4.78 is 46.0. The maximum Gasteiger partial charge on any atom is 0.409 e. The van der Waals surface area contributed by atoms with E-state index in [0.717, 1.165) is 17.9 Å². The highest BCUT2D eigenvalue weighted by Gasteiger charge is 2.46. The van der Waals surface area contributed by atoms with Gasteiger partial charge in [0.25, 0.3) is 0 Å². The summed E-state index contributed by atoms with van der Waals surface area (Å²) in [4.78, 5) is 11.3. The number of ether oxygens (including phenoxy) is 1.